The maximum Gasteiger partial charge on any atom is 0.416 e. The van der Waals surface area contributed by atoms with Crippen LogP contribution in [0.2, 0.25) is 0 Å². The van der Waals surface area contributed by atoms with E-state index in [1.54, 1.807) is 0 Å². The highest BCUT2D eigenvalue weighted by atomic mass is 19.4. The lowest BCUT2D eigenvalue weighted by Crippen LogP contribution is -2.57. The molecule has 0 unspecified atom stereocenters. The van der Waals surface area contributed by atoms with E-state index in [1.165, 1.54) is 17.0 Å². The second-order valence-electron chi connectivity index (χ2n) is 9.09. The summed E-state index contributed by atoms with van der Waals surface area (Å²) in [6.07, 6.45) is 0.187. The molecule has 3 aliphatic rings. The monoisotopic (exact) mass is 454 g/mol. The van der Waals surface area contributed by atoms with Crippen LogP contribution >= 0.6 is 0 Å². The first-order valence-electron chi connectivity index (χ1n) is 11.2. The lowest BCUT2D eigenvalue weighted by Gasteiger charge is -2.43. The van der Waals surface area contributed by atoms with Gasteiger partial charge in [-0.3, -0.25) is 14.5 Å². The van der Waals surface area contributed by atoms with Crippen LogP contribution in [0.5, 0.6) is 0 Å². The maximum absolute atomic E-state index is 13.5. The molecule has 6 nitrogen and oxygen atoms in total. The molecule has 1 aromatic rings. The third-order valence-corrected chi connectivity index (χ3v) is 6.82. The van der Waals surface area contributed by atoms with Gasteiger partial charge in [-0.1, -0.05) is 6.92 Å². The van der Waals surface area contributed by atoms with Gasteiger partial charge in [-0.05, 0) is 68.7 Å². The lowest BCUT2D eigenvalue weighted by atomic mass is 9.83. The van der Waals surface area contributed by atoms with Crippen molar-refractivity contribution in [2.75, 3.05) is 19.8 Å². The summed E-state index contributed by atoms with van der Waals surface area (Å²) in [5.74, 6) is -0.320. The second-order valence-corrected chi connectivity index (χ2v) is 9.09. The minimum atomic E-state index is -4.48. The number of carbonyl (C=O) groups is 2. The number of hydrogen-bond donors (Lipinski definition) is 1. The molecule has 0 aromatic heterocycles. The molecule has 9 heteroatoms. The minimum Gasteiger partial charge on any atom is -0.376 e. The van der Waals surface area contributed by atoms with Gasteiger partial charge in [0.25, 0.3) is 5.91 Å². The van der Waals surface area contributed by atoms with Crippen molar-refractivity contribution in [1.82, 2.24) is 10.2 Å². The van der Waals surface area contributed by atoms with Crippen molar-refractivity contribution in [2.24, 2.45) is 5.92 Å². The Balaban J connectivity index is 1.56. The molecule has 2 saturated heterocycles. The maximum atomic E-state index is 13.5. The number of benzene rings is 1. The SMILES string of the molecule is CC1CCC2(CC1)OC[C@@H](C(=O)NC[C@@H]1CCCO1)N2C(=O)c1ccc(C(F)(F)F)cc1. The first-order chi connectivity index (χ1) is 15.2. The molecule has 2 aliphatic heterocycles. The van der Waals surface area contributed by atoms with Gasteiger partial charge in [-0.25, -0.2) is 0 Å². The predicted octanol–water partition coefficient (Wildman–Crippen LogP) is 3.75. The number of nitrogens with one attached hydrogen (secondary N) is 1. The average molecular weight is 454 g/mol. The molecule has 0 radical (unpaired) electrons. The fourth-order valence-corrected chi connectivity index (χ4v) is 4.86. The molecule has 2 atom stereocenters. The van der Waals surface area contributed by atoms with Crippen LogP contribution in [0.25, 0.3) is 0 Å². The Morgan fingerprint density at radius 3 is 2.44 bits per heavy atom. The van der Waals surface area contributed by atoms with Crippen molar-refractivity contribution >= 4 is 11.8 Å². The fourth-order valence-electron chi connectivity index (χ4n) is 4.86. The van der Waals surface area contributed by atoms with E-state index in [2.05, 4.69) is 12.2 Å². The smallest absolute Gasteiger partial charge is 0.376 e. The molecule has 0 bridgehead atoms. The van der Waals surface area contributed by atoms with Gasteiger partial charge in [-0.2, -0.15) is 13.2 Å². The van der Waals surface area contributed by atoms with E-state index in [-0.39, 0.29) is 24.2 Å². The van der Waals surface area contributed by atoms with Crippen molar-refractivity contribution in [3.8, 4) is 0 Å². The summed E-state index contributed by atoms with van der Waals surface area (Å²) >= 11 is 0. The lowest BCUT2D eigenvalue weighted by molar-refractivity contribution is -0.137. The van der Waals surface area contributed by atoms with E-state index in [0.29, 0.717) is 31.9 Å². The normalized spacial score (nSPS) is 30.6. The van der Waals surface area contributed by atoms with Gasteiger partial charge in [-0.15, -0.1) is 0 Å². The van der Waals surface area contributed by atoms with Crippen molar-refractivity contribution in [2.45, 2.75) is 69.5 Å². The van der Waals surface area contributed by atoms with Crippen LogP contribution in [0, 0.1) is 5.92 Å². The van der Waals surface area contributed by atoms with E-state index in [4.69, 9.17) is 9.47 Å². The minimum absolute atomic E-state index is 0.0372. The van der Waals surface area contributed by atoms with Gasteiger partial charge in [0.2, 0.25) is 5.91 Å². The zero-order chi connectivity index (χ0) is 22.9. The van der Waals surface area contributed by atoms with Gasteiger partial charge >= 0.3 is 6.18 Å². The Morgan fingerprint density at radius 2 is 1.84 bits per heavy atom. The zero-order valence-electron chi connectivity index (χ0n) is 18.1. The van der Waals surface area contributed by atoms with E-state index in [0.717, 1.165) is 37.8 Å². The van der Waals surface area contributed by atoms with Crippen LogP contribution in [-0.4, -0.2) is 54.3 Å². The van der Waals surface area contributed by atoms with Gasteiger partial charge in [0.05, 0.1) is 18.3 Å². The molecule has 1 aliphatic carbocycles. The van der Waals surface area contributed by atoms with Crippen LogP contribution < -0.4 is 5.32 Å². The van der Waals surface area contributed by atoms with Crippen LogP contribution in [0.4, 0.5) is 13.2 Å². The van der Waals surface area contributed by atoms with E-state index < -0.39 is 29.4 Å². The predicted molar refractivity (Wildman–Crippen MR) is 110 cm³/mol. The summed E-state index contributed by atoms with van der Waals surface area (Å²) in [5, 5.41) is 2.88. The number of ether oxygens (including phenoxy) is 2. The molecule has 1 saturated carbocycles. The van der Waals surface area contributed by atoms with Crippen LogP contribution in [0.1, 0.15) is 61.4 Å². The molecule has 32 heavy (non-hydrogen) atoms. The average Bonchev–Trinajstić information content (AvgIpc) is 3.42. The number of halogens is 3. The Morgan fingerprint density at radius 1 is 1.16 bits per heavy atom. The van der Waals surface area contributed by atoms with Crippen molar-refractivity contribution < 1.29 is 32.2 Å². The summed E-state index contributed by atoms with van der Waals surface area (Å²) in [5.41, 5.74) is -1.62. The summed E-state index contributed by atoms with van der Waals surface area (Å²) in [4.78, 5) is 28.0. The van der Waals surface area contributed by atoms with E-state index >= 15 is 0 Å². The van der Waals surface area contributed by atoms with Crippen LogP contribution in [-0.2, 0) is 20.4 Å². The first-order valence-corrected chi connectivity index (χ1v) is 11.2. The molecular weight excluding hydrogens is 425 g/mol. The van der Waals surface area contributed by atoms with Crippen molar-refractivity contribution in [1.29, 1.82) is 0 Å². The molecule has 176 valence electrons. The van der Waals surface area contributed by atoms with Crippen molar-refractivity contribution in [3.05, 3.63) is 35.4 Å². The molecule has 3 fully saturated rings. The van der Waals surface area contributed by atoms with Gasteiger partial charge < -0.3 is 14.8 Å². The highest BCUT2D eigenvalue weighted by Gasteiger charge is 2.53. The molecule has 2 heterocycles. The molecular formula is C23H29F3N2O4. The molecule has 1 spiro atoms. The number of carbonyl (C=O) groups excluding carboxylic acids is 2. The van der Waals surface area contributed by atoms with Crippen LogP contribution in [0.15, 0.2) is 24.3 Å². The van der Waals surface area contributed by atoms with Gasteiger partial charge in [0, 0.05) is 18.7 Å². The Bertz CT molecular complexity index is 829. The number of rotatable bonds is 4. The molecule has 4 rings (SSSR count). The zero-order valence-corrected chi connectivity index (χ0v) is 18.1. The fraction of sp³-hybridized carbons (Fsp3) is 0.652. The quantitative estimate of drug-likeness (QED) is 0.753. The summed E-state index contributed by atoms with van der Waals surface area (Å²) in [6, 6.07) is 3.30. The second kappa shape index (κ2) is 9.02. The largest absolute Gasteiger partial charge is 0.416 e. The number of amides is 2. The number of nitrogens with zero attached hydrogens (tertiary/aromatic N) is 1. The summed E-state index contributed by atoms with van der Waals surface area (Å²) in [6.45, 7) is 3.24. The number of alkyl halides is 3. The van der Waals surface area contributed by atoms with E-state index in [9.17, 15) is 22.8 Å². The topological polar surface area (TPSA) is 67.9 Å². The summed E-state index contributed by atoms with van der Waals surface area (Å²) < 4.78 is 50.5. The standard InChI is InChI=1S/C23H29F3N2O4/c1-15-8-10-22(11-9-15)28(21(30)16-4-6-17(7-5-16)23(24,25)26)19(14-32-22)20(29)27-13-18-3-2-12-31-18/h4-7,15,18-19H,2-3,8-14H2,1H3,(H,27,29)/t15?,18-,19-,22?/m0/s1. The van der Waals surface area contributed by atoms with Gasteiger partial charge in [0.15, 0.2) is 0 Å². The number of hydrogen-bond acceptors (Lipinski definition) is 4. The Labute approximate surface area is 185 Å². The Kier molecular flexibility index (Phi) is 6.49. The highest BCUT2D eigenvalue weighted by Crippen LogP contribution is 2.43. The third kappa shape index (κ3) is 4.64. The van der Waals surface area contributed by atoms with Crippen LogP contribution in [0.3, 0.4) is 0 Å². The molecule has 2 amide bonds. The molecule has 1 aromatic carbocycles. The van der Waals surface area contributed by atoms with Gasteiger partial charge in [0.1, 0.15) is 11.8 Å². The first kappa shape index (κ1) is 23.0. The Hall–Kier alpha value is -2.13. The highest BCUT2D eigenvalue weighted by molar-refractivity contribution is 5.98. The molecule has 1 N–H and O–H groups in total. The van der Waals surface area contributed by atoms with E-state index in [1.807, 2.05) is 0 Å². The van der Waals surface area contributed by atoms with Crippen molar-refractivity contribution in [3.63, 3.8) is 0 Å². The summed E-state index contributed by atoms with van der Waals surface area (Å²) in [7, 11) is 0. The third-order valence-electron chi connectivity index (χ3n) is 6.82.